The summed E-state index contributed by atoms with van der Waals surface area (Å²) in [5.41, 5.74) is 1.18. The van der Waals surface area contributed by atoms with Gasteiger partial charge < -0.3 is 9.84 Å². The molecule has 0 radical (unpaired) electrons. The van der Waals surface area contributed by atoms with Crippen LogP contribution in [0.1, 0.15) is 31.9 Å². The molecule has 0 fully saturated rings. The van der Waals surface area contributed by atoms with Crippen LogP contribution in [0.25, 0.3) is 6.08 Å². The Morgan fingerprint density at radius 2 is 2.11 bits per heavy atom. The predicted molar refractivity (Wildman–Crippen MR) is 76.9 cm³/mol. The summed E-state index contributed by atoms with van der Waals surface area (Å²) in [6.45, 7) is 12.5. The summed E-state index contributed by atoms with van der Waals surface area (Å²) in [4.78, 5) is 11.6. The number of carbonyl (C=O) groups is 1. The normalized spacial score (nSPS) is 10.9. The smallest absolute Gasteiger partial charge is 0.333 e. The molecule has 3 heteroatoms. The van der Waals surface area contributed by atoms with Crippen LogP contribution in [0, 0.1) is 0 Å². The van der Waals surface area contributed by atoms with Gasteiger partial charge in [-0.05, 0) is 32.4 Å². The zero-order valence-electron chi connectivity index (χ0n) is 11.7. The number of phenols is 1. The summed E-state index contributed by atoms with van der Waals surface area (Å²) < 4.78 is 5.37. The lowest BCUT2D eigenvalue weighted by molar-refractivity contribution is -0.151. The van der Waals surface area contributed by atoms with E-state index < -0.39 is 11.6 Å². The average molecular weight is 260 g/mol. The second-order valence-electron chi connectivity index (χ2n) is 5.16. The van der Waals surface area contributed by atoms with Gasteiger partial charge in [0.15, 0.2) is 0 Å². The van der Waals surface area contributed by atoms with Crippen LogP contribution in [-0.2, 0) is 16.0 Å². The van der Waals surface area contributed by atoms with Crippen molar-refractivity contribution >= 4 is 12.0 Å². The van der Waals surface area contributed by atoms with E-state index in [4.69, 9.17) is 4.74 Å². The number of hydrogen-bond donors (Lipinski definition) is 1. The first-order chi connectivity index (χ1) is 8.76. The monoisotopic (exact) mass is 260 g/mol. The third-order valence-electron chi connectivity index (χ3n) is 2.73. The Balaban J connectivity index is 2.98. The van der Waals surface area contributed by atoms with Crippen LogP contribution in [0.3, 0.4) is 0 Å². The number of hydrogen-bond acceptors (Lipinski definition) is 3. The maximum Gasteiger partial charge on any atom is 0.333 e. The third kappa shape index (κ3) is 3.98. The molecular formula is C16H20O3. The highest BCUT2D eigenvalue weighted by atomic mass is 16.6. The minimum atomic E-state index is -0.730. The summed E-state index contributed by atoms with van der Waals surface area (Å²) in [6, 6.07) is 5.22. The van der Waals surface area contributed by atoms with E-state index in [1.54, 1.807) is 39.0 Å². The lowest BCUT2D eigenvalue weighted by Gasteiger charge is -2.26. The number of benzene rings is 1. The van der Waals surface area contributed by atoms with E-state index in [0.29, 0.717) is 12.0 Å². The van der Waals surface area contributed by atoms with E-state index in [9.17, 15) is 9.90 Å². The first-order valence-corrected chi connectivity index (χ1v) is 6.09. The zero-order chi connectivity index (χ0) is 14.6. The van der Waals surface area contributed by atoms with Crippen molar-refractivity contribution in [2.24, 2.45) is 0 Å². The second-order valence-corrected chi connectivity index (χ2v) is 5.16. The quantitative estimate of drug-likeness (QED) is 0.651. The number of phenolic OH excluding ortho intramolecular Hbond substituents is 1. The van der Waals surface area contributed by atoms with Gasteiger partial charge in [-0.3, -0.25) is 0 Å². The van der Waals surface area contributed by atoms with Gasteiger partial charge in [0.25, 0.3) is 0 Å². The van der Waals surface area contributed by atoms with Crippen LogP contribution >= 0.6 is 0 Å². The molecule has 0 aromatic heterocycles. The molecule has 0 amide bonds. The molecular weight excluding hydrogens is 240 g/mol. The van der Waals surface area contributed by atoms with Gasteiger partial charge in [-0.15, -0.1) is 0 Å². The van der Waals surface area contributed by atoms with Gasteiger partial charge in [0.1, 0.15) is 11.4 Å². The Hall–Kier alpha value is -2.03. The van der Waals surface area contributed by atoms with Crippen molar-refractivity contribution in [3.05, 3.63) is 48.1 Å². The predicted octanol–water partition coefficient (Wildman–Crippen LogP) is 3.48. The average Bonchev–Trinajstić information content (AvgIpc) is 2.30. The molecule has 1 rings (SSSR count). The number of rotatable bonds is 5. The Morgan fingerprint density at radius 3 is 2.63 bits per heavy atom. The van der Waals surface area contributed by atoms with Gasteiger partial charge in [-0.2, -0.15) is 0 Å². The number of aromatic hydroxyl groups is 1. The lowest BCUT2D eigenvalue weighted by atomic mass is 9.93. The highest BCUT2D eigenvalue weighted by molar-refractivity contribution is 5.87. The molecule has 0 aliphatic heterocycles. The minimum Gasteiger partial charge on any atom is -0.508 e. The fraction of sp³-hybridized carbons (Fsp3) is 0.312. The summed E-state index contributed by atoms with van der Waals surface area (Å²) in [6.07, 6.45) is 2.08. The van der Waals surface area contributed by atoms with Gasteiger partial charge in [-0.1, -0.05) is 31.4 Å². The molecule has 0 aliphatic rings. The number of ether oxygens (including phenoxy) is 1. The SMILES string of the molecule is C=Cc1cccc(O)c1CC(C)(C)OC(=O)C(=C)C. The van der Waals surface area contributed by atoms with Crippen LogP contribution in [-0.4, -0.2) is 16.7 Å². The molecule has 0 unspecified atom stereocenters. The third-order valence-corrected chi connectivity index (χ3v) is 2.73. The van der Waals surface area contributed by atoms with Crippen LogP contribution in [0.2, 0.25) is 0 Å². The fourth-order valence-electron chi connectivity index (χ4n) is 1.78. The lowest BCUT2D eigenvalue weighted by Crippen LogP contribution is -2.31. The van der Waals surface area contributed by atoms with E-state index in [-0.39, 0.29) is 5.75 Å². The van der Waals surface area contributed by atoms with Gasteiger partial charge in [-0.25, -0.2) is 4.79 Å². The number of esters is 1. The molecule has 0 bridgehead atoms. The van der Waals surface area contributed by atoms with Crippen molar-refractivity contribution in [2.75, 3.05) is 0 Å². The topological polar surface area (TPSA) is 46.5 Å². The Kier molecular flexibility index (Phi) is 4.54. The maximum absolute atomic E-state index is 11.6. The van der Waals surface area contributed by atoms with Crippen LogP contribution in [0.5, 0.6) is 5.75 Å². The minimum absolute atomic E-state index is 0.178. The molecule has 0 atom stereocenters. The van der Waals surface area contributed by atoms with Crippen molar-refractivity contribution in [1.82, 2.24) is 0 Å². The molecule has 19 heavy (non-hydrogen) atoms. The van der Waals surface area contributed by atoms with E-state index in [1.165, 1.54) is 0 Å². The zero-order valence-corrected chi connectivity index (χ0v) is 11.7. The van der Waals surface area contributed by atoms with E-state index in [0.717, 1.165) is 11.1 Å². The number of carbonyl (C=O) groups excluding carboxylic acids is 1. The van der Waals surface area contributed by atoms with E-state index in [2.05, 4.69) is 13.2 Å². The Labute approximate surface area is 114 Å². The molecule has 1 N–H and O–H groups in total. The van der Waals surface area contributed by atoms with Crippen LogP contribution < -0.4 is 0 Å². The van der Waals surface area contributed by atoms with Crippen molar-refractivity contribution in [2.45, 2.75) is 32.8 Å². The molecule has 0 saturated heterocycles. The maximum atomic E-state index is 11.6. The van der Waals surface area contributed by atoms with Crippen LogP contribution in [0.4, 0.5) is 0 Å². The van der Waals surface area contributed by atoms with Gasteiger partial charge in [0.2, 0.25) is 0 Å². The molecule has 3 nitrogen and oxygen atoms in total. The van der Waals surface area contributed by atoms with E-state index in [1.807, 2.05) is 6.07 Å². The van der Waals surface area contributed by atoms with Crippen LogP contribution in [0.15, 0.2) is 36.9 Å². The molecule has 0 aliphatic carbocycles. The molecule has 0 heterocycles. The summed E-state index contributed by atoms with van der Waals surface area (Å²) >= 11 is 0. The summed E-state index contributed by atoms with van der Waals surface area (Å²) in [7, 11) is 0. The highest BCUT2D eigenvalue weighted by Gasteiger charge is 2.26. The van der Waals surface area contributed by atoms with E-state index >= 15 is 0 Å². The Bertz CT molecular complexity index is 513. The van der Waals surface area contributed by atoms with Crippen molar-refractivity contribution < 1.29 is 14.6 Å². The molecule has 1 aromatic carbocycles. The largest absolute Gasteiger partial charge is 0.508 e. The first kappa shape index (κ1) is 15.0. The fourth-order valence-corrected chi connectivity index (χ4v) is 1.78. The van der Waals surface area contributed by atoms with Crippen molar-refractivity contribution in [3.8, 4) is 5.75 Å². The first-order valence-electron chi connectivity index (χ1n) is 6.09. The van der Waals surface area contributed by atoms with Crippen molar-refractivity contribution in [3.63, 3.8) is 0 Å². The standard InChI is InChI=1S/C16H20O3/c1-6-12-8-7-9-14(17)13(12)10-16(4,5)19-15(18)11(2)3/h6-9,17H,1-2,10H2,3-5H3. The molecule has 1 aromatic rings. The van der Waals surface area contributed by atoms with Gasteiger partial charge >= 0.3 is 5.97 Å². The summed E-state index contributed by atoms with van der Waals surface area (Å²) in [5, 5.41) is 9.92. The molecule has 0 saturated carbocycles. The molecule has 102 valence electrons. The highest BCUT2D eigenvalue weighted by Crippen LogP contribution is 2.28. The Morgan fingerprint density at radius 1 is 1.47 bits per heavy atom. The second kappa shape index (κ2) is 5.74. The van der Waals surface area contributed by atoms with Crippen molar-refractivity contribution in [1.29, 1.82) is 0 Å². The van der Waals surface area contributed by atoms with Gasteiger partial charge in [0, 0.05) is 17.6 Å². The summed E-state index contributed by atoms with van der Waals surface area (Å²) in [5.74, 6) is -0.252. The molecule has 0 spiro atoms. The van der Waals surface area contributed by atoms with Gasteiger partial charge in [0.05, 0.1) is 0 Å².